The Morgan fingerprint density at radius 3 is 1.66 bits per heavy atom. The summed E-state index contributed by atoms with van der Waals surface area (Å²) in [7, 11) is 2.14. The summed E-state index contributed by atoms with van der Waals surface area (Å²) in [6, 6.07) is 70.8. The van der Waals surface area contributed by atoms with Crippen molar-refractivity contribution in [2.75, 3.05) is 7.05 Å². The molecule has 1 atom stereocenters. The van der Waals surface area contributed by atoms with Crippen molar-refractivity contribution in [1.29, 1.82) is 5.26 Å². The Labute approximate surface area is 344 Å². The molecule has 4 heteroatoms. The molecule has 0 fully saturated rings. The Bertz CT molecular complexity index is 3020. The number of nitriles is 1. The van der Waals surface area contributed by atoms with Gasteiger partial charge >= 0.3 is 0 Å². The van der Waals surface area contributed by atoms with Crippen molar-refractivity contribution in [3.8, 4) is 50.9 Å². The zero-order chi connectivity index (χ0) is 39.5. The van der Waals surface area contributed by atoms with Crippen molar-refractivity contribution in [3.63, 3.8) is 0 Å². The van der Waals surface area contributed by atoms with Crippen LogP contribution in [0.5, 0.6) is 11.5 Å². The number of rotatable bonds is 5. The fraction of sp³-hybridized carbons (Fsp3) is 0.0545. The number of aliphatic imine (C=N–C) groups is 1. The highest BCUT2D eigenvalue weighted by Gasteiger charge is 2.51. The smallest absolute Gasteiger partial charge is 0.137 e. The second-order valence-corrected chi connectivity index (χ2v) is 15.5. The summed E-state index contributed by atoms with van der Waals surface area (Å²) >= 11 is 0. The average molecular weight is 756 g/mol. The number of ether oxygens (including phenoxy) is 1. The molecule has 1 spiro atoms. The van der Waals surface area contributed by atoms with E-state index in [4.69, 9.17) is 9.73 Å². The fourth-order valence-corrected chi connectivity index (χ4v) is 9.51. The standard InChI is InChI=1S/C55H37N3O/c1-58-51(34-50(37-15-4-2-5-16-37)57-54(58)38-17-6-3-7-18-38)43-21-13-20-40(31-43)42-27-29-47-45(33-42)44-32-41(39-19-12-14-36(30-39)35-56)26-28-46(44)55(47)48-22-8-10-24-52(48)59-53-25-11-9-23-49(53)55/h2-34,51H,1H3. The molecular formula is C55H37N3O. The molecule has 1 aliphatic carbocycles. The van der Waals surface area contributed by atoms with Crippen LogP contribution in [0.15, 0.2) is 205 Å². The maximum Gasteiger partial charge on any atom is 0.137 e. The molecule has 0 saturated carbocycles. The molecule has 8 aromatic carbocycles. The zero-order valence-corrected chi connectivity index (χ0v) is 32.4. The van der Waals surface area contributed by atoms with Crippen molar-refractivity contribution >= 4 is 11.5 Å². The highest BCUT2D eigenvalue weighted by atomic mass is 16.5. The van der Waals surface area contributed by atoms with E-state index >= 15 is 0 Å². The second kappa shape index (κ2) is 13.7. The number of fused-ring (bicyclic) bond motifs is 9. The number of likely N-dealkylation sites (N-methyl/N-ethyl adjacent to an activating group) is 1. The molecule has 11 rings (SSSR count). The van der Waals surface area contributed by atoms with Crippen LogP contribution in [0.4, 0.5) is 0 Å². The summed E-state index contributed by atoms with van der Waals surface area (Å²) in [4.78, 5) is 7.50. The van der Waals surface area contributed by atoms with E-state index in [1.165, 1.54) is 27.8 Å². The molecule has 278 valence electrons. The van der Waals surface area contributed by atoms with Crippen LogP contribution in [0, 0.1) is 11.3 Å². The van der Waals surface area contributed by atoms with E-state index in [1.54, 1.807) is 0 Å². The molecule has 59 heavy (non-hydrogen) atoms. The summed E-state index contributed by atoms with van der Waals surface area (Å²) in [6.45, 7) is 0. The summed E-state index contributed by atoms with van der Waals surface area (Å²) in [6.07, 6.45) is 2.28. The van der Waals surface area contributed by atoms with Crippen molar-refractivity contribution in [1.82, 2.24) is 4.90 Å². The molecule has 2 heterocycles. The van der Waals surface area contributed by atoms with Gasteiger partial charge in [0.05, 0.1) is 28.8 Å². The van der Waals surface area contributed by atoms with Gasteiger partial charge in [0, 0.05) is 23.7 Å². The van der Waals surface area contributed by atoms with Crippen LogP contribution in [0.1, 0.15) is 50.5 Å². The molecule has 0 amide bonds. The molecule has 8 aromatic rings. The third kappa shape index (κ3) is 5.47. The molecule has 2 aliphatic heterocycles. The molecule has 0 bridgehead atoms. The third-order valence-electron chi connectivity index (χ3n) is 12.2. The topological polar surface area (TPSA) is 48.6 Å². The maximum absolute atomic E-state index is 9.76. The third-order valence-corrected chi connectivity index (χ3v) is 12.2. The van der Waals surface area contributed by atoms with Gasteiger partial charge in [0.1, 0.15) is 17.3 Å². The highest BCUT2D eigenvalue weighted by Crippen LogP contribution is 2.62. The van der Waals surface area contributed by atoms with Crippen LogP contribution in [0.3, 0.4) is 0 Å². The SMILES string of the molecule is CN1C(c2ccccc2)=NC(c2ccccc2)=CC1c1cccc(-c2ccc3c(c2)-c2cc(-c4cccc(C#N)c4)ccc2C32c3ccccc3Oc3ccccc32)c1. The number of para-hydroxylation sites is 2. The molecule has 1 unspecified atom stereocenters. The largest absolute Gasteiger partial charge is 0.457 e. The van der Waals surface area contributed by atoms with Gasteiger partial charge in [0.25, 0.3) is 0 Å². The first-order valence-electron chi connectivity index (χ1n) is 20.0. The Morgan fingerprint density at radius 2 is 1.03 bits per heavy atom. The van der Waals surface area contributed by atoms with Gasteiger partial charge in [0.2, 0.25) is 0 Å². The minimum Gasteiger partial charge on any atom is -0.457 e. The summed E-state index contributed by atoms with van der Waals surface area (Å²) in [5, 5.41) is 9.76. The van der Waals surface area contributed by atoms with Crippen LogP contribution < -0.4 is 4.74 Å². The quantitative estimate of drug-likeness (QED) is 0.176. The lowest BCUT2D eigenvalue weighted by Crippen LogP contribution is -2.33. The summed E-state index contributed by atoms with van der Waals surface area (Å²) in [5.41, 5.74) is 15.8. The Morgan fingerprint density at radius 1 is 0.508 bits per heavy atom. The molecule has 3 aliphatic rings. The number of benzene rings is 8. The average Bonchev–Trinajstić information content (AvgIpc) is 3.59. The first-order chi connectivity index (χ1) is 29.1. The van der Waals surface area contributed by atoms with E-state index in [1.807, 2.05) is 30.3 Å². The van der Waals surface area contributed by atoms with E-state index in [0.717, 1.165) is 67.5 Å². The van der Waals surface area contributed by atoms with E-state index in [0.29, 0.717) is 5.56 Å². The van der Waals surface area contributed by atoms with Gasteiger partial charge in [-0.1, -0.05) is 152 Å². The molecule has 0 N–H and O–H groups in total. The van der Waals surface area contributed by atoms with E-state index in [2.05, 4.69) is 188 Å². The van der Waals surface area contributed by atoms with Crippen LogP contribution in [0.25, 0.3) is 39.1 Å². The number of nitrogens with zero attached hydrogens (tertiary/aromatic N) is 3. The molecular weight excluding hydrogens is 719 g/mol. The second-order valence-electron chi connectivity index (χ2n) is 15.5. The van der Waals surface area contributed by atoms with Crippen LogP contribution in [-0.2, 0) is 5.41 Å². The van der Waals surface area contributed by atoms with Gasteiger partial charge in [-0.3, -0.25) is 0 Å². The van der Waals surface area contributed by atoms with E-state index in [9.17, 15) is 5.26 Å². The van der Waals surface area contributed by atoms with Gasteiger partial charge in [-0.05, 0) is 104 Å². The fourth-order valence-electron chi connectivity index (χ4n) is 9.51. The first-order valence-corrected chi connectivity index (χ1v) is 20.0. The van der Waals surface area contributed by atoms with Crippen molar-refractivity contribution < 1.29 is 4.74 Å². The minimum absolute atomic E-state index is 0.0433. The van der Waals surface area contributed by atoms with E-state index < -0.39 is 5.41 Å². The Hall–Kier alpha value is -7.74. The van der Waals surface area contributed by atoms with E-state index in [-0.39, 0.29) is 6.04 Å². The highest BCUT2D eigenvalue weighted by molar-refractivity contribution is 6.03. The number of hydrogen-bond donors (Lipinski definition) is 0. The normalized spacial score (nSPS) is 15.5. The zero-order valence-electron chi connectivity index (χ0n) is 32.4. The summed E-state index contributed by atoms with van der Waals surface area (Å²) in [5.74, 6) is 2.67. The lowest BCUT2D eigenvalue weighted by Gasteiger charge is -2.39. The van der Waals surface area contributed by atoms with Gasteiger partial charge < -0.3 is 9.64 Å². The minimum atomic E-state index is -0.583. The maximum atomic E-state index is 9.76. The first kappa shape index (κ1) is 34.5. The molecule has 4 nitrogen and oxygen atoms in total. The van der Waals surface area contributed by atoms with Crippen LogP contribution in [0.2, 0.25) is 0 Å². The Kier molecular flexibility index (Phi) is 8.03. The van der Waals surface area contributed by atoms with Crippen molar-refractivity contribution in [3.05, 3.63) is 245 Å². The monoisotopic (exact) mass is 755 g/mol. The van der Waals surface area contributed by atoms with Crippen LogP contribution >= 0.6 is 0 Å². The lowest BCUT2D eigenvalue weighted by atomic mass is 9.66. The van der Waals surface area contributed by atoms with Gasteiger partial charge in [-0.15, -0.1) is 0 Å². The summed E-state index contributed by atoms with van der Waals surface area (Å²) < 4.78 is 6.61. The van der Waals surface area contributed by atoms with Crippen molar-refractivity contribution in [2.45, 2.75) is 11.5 Å². The molecule has 0 radical (unpaired) electrons. The number of hydrogen-bond acceptors (Lipinski definition) is 4. The Balaban J connectivity index is 1.09. The van der Waals surface area contributed by atoms with Gasteiger partial charge in [0.15, 0.2) is 0 Å². The van der Waals surface area contributed by atoms with Gasteiger partial charge in [-0.2, -0.15) is 5.26 Å². The van der Waals surface area contributed by atoms with Gasteiger partial charge in [-0.25, -0.2) is 4.99 Å². The predicted octanol–water partition coefficient (Wildman–Crippen LogP) is 12.8. The predicted molar refractivity (Wildman–Crippen MR) is 237 cm³/mol. The van der Waals surface area contributed by atoms with Crippen LogP contribution in [-0.4, -0.2) is 17.8 Å². The lowest BCUT2D eigenvalue weighted by molar-refractivity contribution is 0.435. The molecule has 0 aromatic heterocycles. The van der Waals surface area contributed by atoms with Crippen molar-refractivity contribution in [2.24, 2.45) is 4.99 Å². The molecule has 0 saturated heterocycles. The number of amidine groups is 1.